The topological polar surface area (TPSA) is 45.7 Å². The van der Waals surface area contributed by atoms with Gasteiger partial charge in [-0.15, -0.1) is 0 Å². The molecule has 4 rings (SSSR count). The van der Waals surface area contributed by atoms with E-state index in [0.717, 1.165) is 35.4 Å². The number of ether oxygens (including phenoxy) is 1. The number of rotatable bonds is 5. The fourth-order valence-electron chi connectivity index (χ4n) is 3.11. The van der Waals surface area contributed by atoms with Gasteiger partial charge in [0, 0.05) is 31.7 Å². The van der Waals surface area contributed by atoms with Crippen molar-refractivity contribution in [3.63, 3.8) is 0 Å². The molecule has 146 valence electrons. The number of carbonyl (C=O) groups is 1. The van der Waals surface area contributed by atoms with Crippen molar-refractivity contribution in [2.45, 2.75) is 0 Å². The summed E-state index contributed by atoms with van der Waals surface area (Å²) in [5.74, 6) is -2.41. The number of fused-ring (bicyclic) bond motifs is 1. The molecule has 0 aliphatic carbocycles. The molecule has 3 aromatic rings. The minimum atomic E-state index is -1.04. The van der Waals surface area contributed by atoms with Crippen molar-refractivity contribution in [3.8, 4) is 0 Å². The normalized spacial score (nSPS) is 15.1. The average molecular weight is 403 g/mol. The maximum absolute atomic E-state index is 13.7. The van der Waals surface area contributed by atoms with Gasteiger partial charge in [-0.05, 0) is 30.3 Å². The van der Waals surface area contributed by atoms with E-state index in [1.165, 1.54) is 17.4 Å². The van der Waals surface area contributed by atoms with Gasteiger partial charge in [-0.3, -0.25) is 14.6 Å². The predicted octanol–water partition coefficient (Wildman–Crippen LogP) is 3.55. The number of amides is 1. The Balaban J connectivity index is 1.63. The second-order valence-corrected chi connectivity index (χ2v) is 7.51. The van der Waals surface area contributed by atoms with Crippen LogP contribution in [0.3, 0.4) is 0 Å². The molecular weight excluding hydrogens is 384 g/mol. The van der Waals surface area contributed by atoms with Gasteiger partial charge in [-0.25, -0.2) is 13.8 Å². The molecule has 2 aromatic carbocycles. The lowest BCUT2D eigenvalue weighted by Gasteiger charge is -2.29. The number of hydrogen-bond acceptors (Lipinski definition) is 5. The number of halogens is 2. The van der Waals surface area contributed by atoms with Gasteiger partial charge in [-0.2, -0.15) is 0 Å². The number of benzene rings is 2. The molecule has 28 heavy (non-hydrogen) atoms. The van der Waals surface area contributed by atoms with Gasteiger partial charge in [0.25, 0.3) is 5.91 Å². The van der Waals surface area contributed by atoms with Crippen LogP contribution in [0.4, 0.5) is 13.9 Å². The van der Waals surface area contributed by atoms with Crippen molar-refractivity contribution in [2.24, 2.45) is 0 Å². The highest BCUT2D eigenvalue weighted by Crippen LogP contribution is 2.29. The second kappa shape index (κ2) is 8.30. The van der Waals surface area contributed by atoms with Gasteiger partial charge in [0.15, 0.2) is 16.8 Å². The first-order valence-corrected chi connectivity index (χ1v) is 9.86. The minimum absolute atomic E-state index is 0.0973. The Hall–Kier alpha value is -2.42. The summed E-state index contributed by atoms with van der Waals surface area (Å²) >= 11 is 1.41. The highest BCUT2D eigenvalue weighted by Gasteiger charge is 2.23. The van der Waals surface area contributed by atoms with Crippen molar-refractivity contribution >= 4 is 32.6 Å². The van der Waals surface area contributed by atoms with Gasteiger partial charge in [-0.1, -0.05) is 23.5 Å². The van der Waals surface area contributed by atoms with Crippen LogP contribution in [0.1, 0.15) is 10.4 Å². The Morgan fingerprint density at radius 3 is 2.68 bits per heavy atom. The fourth-order valence-corrected chi connectivity index (χ4v) is 4.10. The highest BCUT2D eigenvalue weighted by molar-refractivity contribution is 7.22. The number of anilines is 1. The number of thiazole rings is 1. The minimum Gasteiger partial charge on any atom is -0.379 e. The Labute approximate surface area is 165 Å². The zero-order chi connectivity index (χ0) is 19.5. The van der Waals surface area contributed by atoms with Gasteiger partial charge in [0.05, 0.1) is 23.4 Å². The summed E-state index contributed by atoms with van der Waals surface area (Å²) in [6.07, 6.45) is 0. The van der Waals surface area contributed by atoms with E-state index in [-0.39, 0.29) is 5.56 Å². The molecule has 1 amide bonds. The van der Waals surface area contributed by atoms with E-state index >= 15 is 0 Å². The molecule has 0 atom stereocenters. The van der Waals surface area contributed by atoms with Crippen LogP contribution in [0.25, 0.3) is 10.2 Å². The second-order valence-electron chi connectivity index (χ2n) is 6.50. The van der Waals surface area contributed by atoms with Crippen LogP contribution < -0.4 is 4.90 Å². The van der Waals surface area contributed by atoms with E-state index in [1.54, 1.807) is 4.90 Å². The summed E-state index contributed by atoms with van der Waals surface area (Å²) in [5.41, 5.74) is 0.900. The summed E-state index contributed by atoms with van der Waals surface area (Å²) in [7, 11) is 0. The smallest absolute Gasteiger partial charge is 0.260 e. The lowest BCUT2D eigenvalue weighted by molar-refractivity contribution is 0.0391. The van der Waals surface area contributed by atoms with Crippen LogP contribution in [0, 0.1) is 11.6 Å². The summed E-state index contributed by atoms with van der Waals surface area (Å²) in [6.45, 7) is 3.98. The van der Waals surface area contributed by atoms with Gasteiger partial charge in [0.2, 0.25) is 0 Å². The lowest BCUT2D eigenvalue weighted by atomic mass is 10.2. The molecule has 0 unspecified atom stereocenters. The first-order valence-electron chi connectivity index (χ1n) is 9.04. The third-order valence-electron chi connectivity index (χ3n) is 4.67. The van der Waals surface area contributed by atoms with E-state index in [1.807, 2.05) is 24.3 Å². The summed E-state index contributed by atoms with van der Waals surface area (Å²) in [6, 6.07) is 10.8. The van der Waals surface area contributed by atoms with Crippen molar-refractivity contribution < 1.29 is 18.3 Å². The molecule has 1 aromatic heterocycles. The molecule has 2 heterocycles. The van der Waals surface area contributed by atoms with Gasteiger partial charge in [0.1, 0.15) is 0 Å². The Morgan fingerprint density at radius 1 is 1.14 bits per heavy atom. The maximum atomic E-state index is 13.7. The third kappa shape index (κ3) is 4.04. The van der Waals surface area contributed by atoms with E-state index in [0.29, 0.717) is 31.4 Å². The van der Waals surface area contributed by atoms with E-state index in [2.05, 4.69) is 9.88 Å². The van der Waals surface area contributed by atoms with Crippen molar-refractivity contribution in [1.29, 1.82) is 0 Å². The third-order valence-corrected chi connectivity index (χ3v) is 5.73. The summed E-state index contributed by atoms with van der Waals surface area (Å²) < 4.78 is 33.3. The standard InChI is InChI=1S/C20H19F2N3O2S/c21-15-6-5-14(13-16(15)22)19(26)25(8-7-24-9-11-27-12-10-24)20-23-17-3-1-2-4-18(17)28-20/h1-6,13H,7-12H2. The van der Waals surface area contributed by atoms with Crippen molar-refractivity contribution in [1.82, 2.24) is 9.88 Å². The Kier molecular flexibility index (Phi) is 5.61. The average Bonchev–Trinajstić information content (AvgIpc) is 3.14. The molecule has 1 aliphatic rings. The van der Waals surface area contributed by atoms with Crippen molar-refractivity contribution in [2.75, 3.05) is 44.3 Å². The SMILES string of the molecule is O=C(c1ccc(F)c(F)c1)N(CCN1CCOCC1)c1nc2ccccc2s1. The molecule has 0 radical (unpaired) electrons. The van der Waals surface area contributed by atoms with Crippen LogP contribution in [0.5, 0.6) is 0 Å². The monoisotopic (exact) mass is 403 g/mol. The summed E-state index contributed by atoms with van der Waals surface area (Å²) in [4.78, 5) is 21.5. The van der Waals surface area contributed by atoms with Gasteiger partial charge >= 0.3 is 0 Å². The van der Waals surface area contributed by atoms with E-state index in [4.69, 9.17) is 4.74 Å². The molecule has 1 fully saturated rings. The van der Waals surface area contributed by atoms with Crippen LogP contribution in [-0.2, 0) is 4.74 Å². The summed E-state index contributed by atoms with van der Waals surface area (Å²) in [5, 5.41) is 0.546. The number of carbonyl (C=O) groups excluding carboxylic acids is 1. The number of aromatic nitrogens is 1. The van der Waals surface area contributed by atoms with Crippen LogP contribution >= 0.6 is 11.3 Å². The molecule has 0 saturated carbocycles. The number of para-hydroxylation sites is 1. The molecule has 0 N–H and O–H groups in total. The molecule has 8 heteroatoms. The molecule has 5 nitrogen and oxygen atoms in total. The molecule has 0 spiro atoms. The van der Waals surface area contributed by atoms with Gasteiger partial charge < -0.3 is 4.74 Å². The highest BCUT2D eigenvalue weighted by atomic mass is 32.1. The van der Waals surface area contributed by atoms with E-state index < -0.39 is 17.5 Å². The van der Waals surface area contributed by atoms with E-state index in [9.17, 15) is 13.6 Å². The first-order chi connectivity index (χ1) is 13.6. The zero-order valence-corrected chi connectivity index (χ0v) is 15.9. The largest absolute Gasteiger partial charge is 0.379 e. The van der Waals surface area contributed by atoms with Crippen LogP contribution in [-0.4, -0.2) is 55.2 Å². The number of morpholine rings is 1. The Morgan fingerprint density at radius 2 is 1.93 bits per heavy atom. The molecule has 0 bridgehead atoms. The first kappa shape index (κ1) is 18.9. The quantitative estimate of drug-likeness (QED) is 0.654. The predicted molar refractivity (Wildman–Crippen MR) is 105 cm³/mol. The molecule has 1 aliphatic heterocycles. The number of nitrogens with zero attached hydrogens (tertiary/aromatic N) is 3. The fraction of sp³-hybridized carbons (Fsp3) is 0.300. The zero-order valence-electron chi connectivity index (χ0n) is 15.1. The lowest BCUT2D eigenvalue weighted by Crippen LogP contribution is -2.43. The van der Waals surface area contributed by atoms with Crippen LogP contribution in [0.2, 0.25) is 0 Å². The molecular formula is C20H19F2N3O2S. The van der Waals surface area contributed by atoms with Crippen molar-refractivity contribution in [3.05, 3.63) is 59.7 Å². The van der Waals surface area contributed by atoms with Crippen LogP contribution in [0.15, 0.2) is 42.5 Å². The Bertz CT molecular complexity index is 955. The maximum Gasteiger partial charge on any atom is 0.260 e. The molecule has 1 saturated heterocycles. The number of hydrogen-bond donors (Lipinski definition) is 0.